The van der Waals surface area contributed by atoms with E-state index < -0.39 is 0 Å². The summed E-state index contributed by atoms with van der Waals surface area (Å²) in [6, 6.07) is 5.43. The van der Waals surface area contributed by atoms with Gasteiger partial charge in [-0.2, -0.15) is 0 Å². The summed E-state index contributed by atoms with van der Waals surface area (Å²) in [5, 5.41) is 4.77. The largest absolute Gasteiger partial charge is 0.466 e. The molecule has 19 heavy (non-hydrogen) atoms. The van der Waals surface area contributed by atoms with Crippen molar-refractivity contribution < 1.29 is 4.42 Å². The van der Waals surface area contributed by atoms with Crippen molar-refractivity contribution in [3.8, 4) is 0 Å². The second-order valence-corrected chi connectivity index (χ2v) is 5.70. The molecule has 0 aliphatic carbocycles. The summed E-state index contributed by atoms with van der Waals surface area (Å²) in [4.78, 5) is 0. The molecule has 1 N–H and O–H groups in total. The van der Waals surface area contributed by atoms with Crippen LogP contribution in [0.1, 0.15) is 30.0 Å². The van der Waals surface area contributed by atoms with E-state index in [2.05, 4.69) is 5.32 Å². The molecule has 2 rings (SSSR count). The Morgan fingerprint density at radius 1 is 1.00 bits per heavy atom. The van der Waals surface area contributed by atoms with Crippen molar-refractivity contribution in [2.75, 3.05) is 5.32 Å². The number of hydrogen-bond donors (Lipinski definition) is 1. The fraction of sp³-hybridized carbons (Fsp3) is 0.286. The minimum Gasteiger partial charge on any atom is -0.466 e. The maximum Gasteiger partial charge on any atom is 0.106 e. The van der Waals surface area contributed by atoms with Gasteiger partial charge in [0.2, 0.25) is 0 Å². The molecule has 0 aliphatic rings. The maximum absolute atomic E-state index is 6.15. The zero-order valence-corrected chi connectivity index (χ0v) is 13.1. The molecule has 1 aromatic carbocycles. The highest BCUT2D eigenvalue weighted by molar-refractivity contribution is 6.44. The van der Waals surface area contributed by atoms with Crippen LogP contribution >= 0.6 is 34.8 Å². The van der Waals surface area contributed by atoms with Gasteiger partial charge in [0.15, 0.2) is 0 Å². The summed E-state index contributed by atoms with van der Waals surface area (Å²) >= 11 is 18.1. The molecule has 0 bridgehead atoms. The number of hydrogen-bond acceptors (Lipinski definition) is 2. The van der Waals surface area contributed by atoms with Crippen molar-refractivity contribution in [1.29, 1.82) is 0 Å². The molecule has 0 saturated heterocycles. The first-order valence-electron chi connectivity index (χ1n) is 5.86. The number of furan rings is 1. The lowest BCUT2D eigenvalue weighted by Gasteiger charge is -2.16. The molecule has 0 spiro atoms. The van der Waals surface area contributed by atoms with E-state index >= 15 is 0 Å². The molecule has 1 aromatic heterocycles. The van der Waals surface area contributed by atoms with Gasteiger partial charge < -0.3 is 9.73 Å². The SMILES string of the molecule is Cc1cc(C(C)Nc2cc(Cl)c(Cl)cc2Cl)c(C)o1. The lowest BCUT2D eigenvalue weighted by molar-refractivity contribution is 0.500. The highest BCUT2D eigenvalue weighted by atomic mass is 35.5. The average molecular weight is 319 g/mol. The number of nitrogens with one attached hydrogen (secondary N) is 1. The van der Waals surface area contributed by atoms with Gasteiger partial charge in [-0.1, -0.05) is 34.8 Å². The standard InChI is InChI=1S/C14H14Cl3NO/c1-7-4-10(9(3)19-7)8(2)18-14-6-12(16)11(15)5-13(14)17/h4-6,8,18H,1-3H3. The summed E-state index contributed by atoms with van der Waals surface area (Å²) < 4.78 is 5.53. The zero-order valence-electron chi connectivity index (χ0n) is 10.9. The molecule has 1 unspecified atom stereocenters. The van der Waals surface area contributed by atoms with Gasteiger partial charge in [-0.25, -0.2) is 0 Å². The molecular formula is C14H14Cl3NO. The van der Waals surface area contributed by atoms with Gasteiger partial charge in [0.1, 0.15) is 11.5 Å². The van der Waals surface area contributed by atoms with Gasteiger partial charge in [0.05, 0.1) is 26.8 Å². The minimum atomic E-state index is 0.0622. The molecule has 1 heterocycles. The van der Waals surface area contributed by atoms with Crippen LogP contribution in [0.15, 0.2) is 22.6 Å². The number of halogens is 3. The highest BCUT2D eigenvalue weighted by Crippen LogP contribution is 2.34. The van der Waals surface area contributed by atoms with Gasteiger partial charge in [-0.3, -0.25) is 0 Å². The molecule has 0 fully saturated rings. The van der Waals surface area contributed by atoms with Crippen LogP contribution < -0.4 is 5.32 Å². The predicted molar refractivity (Wildman–Crippen MR) is 81.7 cm³/mol. The second-order valence-electron chi connectivity index (χ2n) is 4.48. The first-order valence-corrected chi connectivity index (χ1v) is 7.00. The summed E-state index contributed by atoms with van der Waals surface area (Å²) in [5.41, 5.74) is 1.85. The Morgan fingerprint density at radius 2 is 1.63 bits per heavy atom. The molecule has 2 nitrogen and oxygen atoms in total. The number of anilines is 1. The summed E-state index contributed by atoms with van der Waals surface area (Å²) in [6.07, 6.45) is 0. The van der Waals surface area contributed by atoms with E-state index in [1.54, 1.807) is 12.1 Å². The summed E-state index contributed by atoms with van der Waals surface area (Å²) in [7, 11) is 0. The quantitative estimate of drug-likeness (QED) is 0.699. The molecule has 0 amide bonds. The topological polar surface area (TPSA) is 25.2 Å². The van der Waals surface area contributed by atoms with Crippen LogP contribution in [-0.4, -0.2) is 0 Å². The first-order chi connectivity index (χ1) is 8.88. The molecular weight excluding hydrogens is 305 g/mol. The van der Waals surface area contributed by atoms with Crippen LogP contribution in [0.2, 0.25) is 15.1 Å². The number of rotatable bonds is 3. The molecule has 0 aliphatic heterocycles. The Kier molecular flexibility index (Phi) is 4.34. The fourth-order valence-electron chi connectivity index (χ4n) is 2.02. The van der Waals surface area contributed by atoms with Crippen molar-refractivity contribution in [3.05, 3.63) is 50.4 Å². The van der Waals surface area contributed by atoms with Crippen molar-refractivity contribution in [1.82, 2.24) is 0 Å². The highest BCUT2D eigenvalue weighted by Gasteiger charge is 2.14. The molecule has 1 atom stereocenters. The summed E-state index contributed by atoms with van der Waals surface area (Å²) in [5.74, 6) is 1.79. The Hall–Kier alpha value is -0.830. The van der Waals surface area contributed by atoms with E-state index in [4.69, 9.17) is 39.2 Å². The number of benzene rings is 1. The normalized spacial score (nSPS) is 12.5. The summed E-state index contributed by atoms with van der Waals surface area (Å²) in [6.45, 7) is 5.91. The monoisotopic (exact) mass is 317 g/mol. The van der Waals surface area contributed by atoms with Gasteiger partial charge in [-0.15, -0.1) is 0 Å². The number of aryl methyl sites for hydroxylation is 2. The lowest BCUT2D eigenvalue weighted by Crippen LogP contribution is -2.07. The third kappa shape index (κ3) is 3.19. The third-order valence-electron chi connectivity index (χ3n) is 2.93. The van der Waals surface area contributed by atoms with Crippen LogP contribution in [-0.2, 0) is 0 Å². The molecule has 102 valence electrons. The smallest absolute Gasteiger partial charge is 0.106 e. The molecule has 0 saturated carbocycles. The van der Waals surface area contributed by atoms with E-state index in [0.29, 0.717) is 15.1 Å². The van der Waals surface area contributed by atoms with E-state index in [0.717, 1.165) is 22.8 Å². The Morgan fingerprint density at radius 3 is 2.21 bits per heavy atom. The van der Waals surface area contributed by atoms with Gasteiger partial charge in [0.25, 0.3) is 0 Å². The van der Waals surface area contributed by atoms with Crippen molar-refractivity contribution in [2.24, 2.45) is 0 Å². The van der Waals surface area contributed by atoms with Crippen LogP contribution in [0.3, 0.4) is 0 Å². The van der Waals surface area contributed by atoms with Crippen molar-refractivity contribution >= 4 is 40.5 Å². The third-order valence-corrected chi connectivity index (χ3v) is 3.96. The van der Waals surface area contributed by atoms with E-state index in [9.17, 15) is 0 Å². The fourth-order valence-corrected chi connectivity index (χ4v) is 2.63. The van der Waals surface area contributed by atoms with Gasteiger partial charge >= 0.3 is 0 Å². The molecule has 5 heteroatoms. The van der Waals surface area contributed by atoms with Crippen LogP contribution in [0, 0.1) is 13.8 Å². The molecule has 0 radical (unpaired) electrons. The first kappa shape index (κ1) is 14.6. The van der Waals surface area contributed by atoms with Gasteiger partial charge in [0, 0.05) is 5.56 Å². The van der Waals surface area contributed by atoms with E-state index in [1.165, 1.54) is 0 Å². The second kappa shape index (κ2) is 5.66. The van der Waals surface area contributed by atoms with Crippen LogP contribution in [0.25, 0.3) is 0 Å². The zero-order chi connectivity index (χ0) is 14.2. The van der Waals surface area contributed by atoms with E-state index in [-0.39, 0.29) is 6.04 Å². The minimum absolute atomic E-state index is 0.0622. The van der Waals surface area contributed by atoms with Crippen LogP contribution in [0.5, 0.6) is 0 Å². The molecule has 2 aromatic rings. The van der Waals surface area contributed by atoms with Crippen molar-refractivity contribution in [2.45, 2.75) is 26.8 Å². The predicted octanol–water partition coefficient (Wildman–Crippen LogP) is 6.03. The maximum atomic E-state index is 6.15. The van der Waals surface area contributed by atoms with Crippen molar-refractivity contribution in [3.63, 3.8) is 0 Å². The van der Waals surface area contributed by atoms with Crippen LogP contribution in [0.4, 0.5) is 5.69 Å². The van der Waals surface area contributed by atoms with E-state index in [1.807, 2.05) is 26.8 Å². The average Bonchev–Trinajstić information content (AvgIpc) is 2.65. The Bertz CT molecular complexity index is 607. The van der Waals surface area contributed by atoms with Gasteiger partial charge in [-0.05, 0) is 39.0 Å². The Balaban J connectivity index is 2.26. The lowest BCUT2D eigenvalue weighted by atomic mass is 10.1. The Labute approximate surface area is 127 Å².